The van der Waals surface area contributed by atoms with Gasteiger partial charge in [-0.15, -0.1) is 0 Å². The summed E-state index contributed by atoms with van der Waals surface area (Å²) in [5.74, 6) is -2.54. The minimum absolute atomic E-state index is 0.129. The summed E-state index contributed by atoms with van der Waals surface area (Å²) in [7, 11) is -3.31. The van der Waals surface area contributed by atoms with Crippen molar-refractivity contribution in [1.82, 2.24) is 4.90 Å². The molecule has 0 radical (unpaired) electrons. The summed E-state index contributed by atoms with van der Waals surface area (Å²) < 4.78 is 139. The molecule has 2 fully saturated rings. The van der Waals surface area contributed by atoms with Gasteiger partial charge in [-0.25, -0.2) is 17.2 Å². The van der Waals surface area contributed by atoms with E-state index in [1.54, 1.807) is 0 Å². The van der Waals surface area contributed by atoms with Crippen molar-refractivity contribution in [2.45, 2.75) is 59.8 Å². The fourth-order valence-corrected chi connectivity index (χ4v) is 7.99. The smallest absolute Gasteiger partial charge is 0.435 e. The van der Waals surface area contributed by atoms with Crippen molar-refractivity contribution in [2.75, 3.05) is 20.2 Å². The molecule has 2 aromatic rings. The first kappa shape index (κ1) is 32.7. The maximum absolute atomic E-state index is 14.7. The van der Waals surface area contributed by atoms with E-state index in [2.05, 4.69) is 0 Å². The van der Waals surface area contributed by atoms with Crippen molar-refractivity contribution in [2.24, 2.45) is 11.8 Å². The SMILES string of the molecule is COC(=O)C1CCC(C(=O)N2CCC(c3ccc(C(F)(C(F)(F)F)C(F)(F)F)cc3)(S(=O)(=O)c3ccc(F)cc3)C2)CC1. The van der Waals surface area contributed by atoms with Crippen LogP contribution in [-0.4, -0.2) is 57.7 Å². The van der Waals surface area contributed by atoms with Crippen LogP contribution in [0.15, 0.2) is 53.4 Å². The van der Waals surface area contributed by atoms with Crippen LogP contribution >= 0.6 is 0 Å². The zero-order chi connectivity index (χ0) is 32.0. The molecule has 4 rings (SSSR count). The van der Waals surface area contributed by atoms with Gasteiger partial charge in [-0.1, -0.05) is 24.3 Å². The van der Waals surface area contributed by atoms with E-state index in [9.17, 15) is 53.1 Å². The maximum Gasteiger partial charge on any atom is 0.435 e. The molecule has 6 nitrogen and oxygen atoms in total. The van der Waals surface area contributed by atoms with Crippen LogP contribution in [0.2, 0.25) is 0 Å². The van der Waals surface area contributed by atoms with Crippen molar-refractivity contribution in [1.29, 1.82) is 0 Å². The topological polar surface area (TPSA) is 80.8 Å². The van der Waals surface area contributed by atoms with E-state index >= 15 is 0 Å². The third kappa shape index (κ3) is 5.60. The van der Waals surface area contributed by atoms with Crippen LogP contribution in [0, 0.1) is 17.7 Å². The summed E-state index contributed by atoms with van der Waals surface area (Å²) in [4.78, 5) is 26.2. The van der Waals surface area contributed by atoms with E-state index < -0.39 is 73.2 Å². The number of esters is 1. The van der Waals surface area contributed by atoms with Crippen LogP contribution in [0.1, 0.15) is 43.2 Å². The average molecular weight is 642 g/mol. The second-order valence-corrected chi connectivity index (χ2v) is 13.0. The number of carbonyl (C=O) groups excluding carboxylic acids is 2. The van der Waals surface area contributed by atoms with Gasteiger partial charge in [0.1, 0.15) is 10.6 Å². The van der Waals surface area contributed by atoms with Crippen LogP contribution < -0.4 is 0 Å². The maximum atomic E-state index is 14.7. The first-order valence-corrected chi connectivity index (χ1v) is 14.7. The molecule has 236 valence electrons. The van der Waals surface area contributed by atoms with Crippen LogP contribution in [0.3, 0.4) is 0 Å². The summed E-state index contributed by atoms with van der Waals surface area (Å²) in [6.45, 7) is -0.642. The summed E-state index contributed by atoms with van der Waals surface area (Å²) in [5.41, 5.74) is -7.78. The van der Waals surface area contributed by atoms with Gasteiger partial charge in [0, 0.05) is 24.6 Å². The largest absolute Gasteiger partial charge is 0.469 e. The van der Waals surface area contributed by atoms with Crippen molar-refractivity contribution in [3.8, 4) is 0 Å². The molecule has 1 saturated heterocycles. The normalized spacial score (nSPS) is 23.7. The highest BCUT2D eigenvalue weighted by Gasteiger charge is 2.73. The minimum atomic E-state index is -6.37. The van der Waals surface area contributed by atoms with Crippen LogP contribution in [0.25, 0.3) is 0 Å². The van der Waals surface area contributed by atoms with Gasteiger partial charge in [0.25, 0.3) is 0 Å². The lowest BCUT2D eigenvalue weighted by atomic mass is 9.81. The van der Waals surface area contributed by atoms with Crippen molar-refractivity contribution in [3.63, 3.8) is 0 Å². The lowest BCUT2D eigenvalue weighted by Crippen LogP contribution is -2.50. The summed E-state index contributed by atoms with van der Waals surface area (Å²) in [5, 5.41) is 0. The molecule has 1 aliphatic carbocycles. The van der Waals surface area contributed by atoms with Crippen molar-refractivity contribution >= 4 is 21.7 Å². The Morgan fingerprint density at radius 1 is 0.837 bits per heavy atom. The molecule has 1 heterocycles. The second kappa shape index (κ2) is 11.4. The molecule has 15 heteroatoms. The standard InChI is InChI=1S/C28H27F8NO5S/c1-42-24(39)18-4-2-17(3-5-18)23(38)37-15-14-25(16-37,43(40,41)22-12-10-21(29)11-13-22)19-6-8-20(9-7-19)26(30,27(31,32)33)28(34,35)36/h6-13,17-18H,2-5,14-16H2,1H3. The molecule has 0 N–H and O–H groups in total. The highest BCUT2D eigenvalue weighted by Crippen LogP contribution is 2.54. The van der Waals surface area contributed by atoms with Crippen LogP contribution in [-0.2, 0) is 34.6 Å². The number of hydrogen-bond acceptors (Lipinski definition) is 5. The van der Waals surface area contributed by atoms with Gasteiger partial charge >= 0.3 is 24.0 Å². The Labute approximate surface area is 241 Å². The molecule has 1 saturated carbocycles. The predicted molar refractivity (Wildman–Crippen MR) is 135 cm³/mol. The Kier molecular flexibility index (Phi) is 8.63. The number of ether oxygens (including phenoxy) is 1. The Morgan fingerprint density at radius 3 is 1.84 bits per heavy atom. The van der Waals surface area contributed by atoms with E-state index in [0.717, 1.165) is 24.3 Å². The Hall–Kier alpha value is -3.23. The molecular formula is C28H27F8NO5S. The van der Waals surface area contributed by atoms with Gasteiger partial charge in [0.15, 0.2) is 9.84 Å². The fourth-order valence-electron chi connectivity index (χ4n) is 5.91. The monoisotopic (exact) mass is 641 g/mol. The Balaban J connectivity index is 1.72. The van der Waals surface area contributed by atoms with Crippen molar-refractivity contribution in [3.05, 3.63) is 65.5 Å². The number of hydrogen-bond donors (Lipinski definition) is 0. The highest BCUT2D eigenvalue weighted by molar-refractivity contribution is 7.92. The van der Waals surface area contributed by atoms with E-state index in [4.69, 9.17) is 4.74 Å². The van der Waals surface area contributed by atoms with Gasteiger partial charge in [-0.05, 0) is 61.9 Å². The fraction of sp³-hybridized carbons (Fsp3) is 0.500. The van der Waals surface area contributed by atoms with Gasteiger partial charge in [0.05, 0.1) is 17.9 Å². The van der Waals surface area contributed by atoms with Gasteiger partial charge < -0.3 is 9.64 Å². The minimum Gasteiger partial charge on any atom is -0.469 e. The number of carbonyl (C=O) groups is 2. The number of sulfone groups is 1. The van der Waals surface area contributed by atoms with Gasteiger partial charge in [0.2, 0.25) is 5.91 Å². The zero-order valence-corrected chi connectivity index (χ0v) is 23.5. The van der Waals surface area contributed by atoms with E-state index in [-0.39, 0.29) is 36.6 Å². The molecule has 1 aliphatic heterocycles. The highest BCUT2D eigenvalue weighted by atomic mass is 32.2. The third-order valence-corrected chi connectivity index (χ3v) is 10.9. The zero-order valence-electron chi connectivity index (χ0n) is 22.6. The summed E-state index contributed by atoms with van der Waals surface area (Å²) >= 11 is 0. The molecule has 1 unspecified atom stereocenters. The first-order chi connectivity index (χ1) is 19.9. The number of benzene rings is 2. The molecule has 1 atom stereocenters. The first-order valence-electron chi connectivity index (χ1n) is 13.2. The number of likely N-dealkylation sites (tertiary alicyclic amines) is 1. The van der Waals surface area contributed by atoms with Crippen molar-refractivity contribution < 1.29 is 57.9 Å². The molecule has 2 aromatic carbocycles. The third-order valence-electron chi connectivity index (χ3n) is 8.38. The van der Waals surface area contributed by atoms with E-state index in [1.807, 2.05) is 0 Å². The van der Waals surface area contributed by atoms with E-state index in [0.29, 0.717) is 37.8 Å². The summed E-state index contributed by atoms with van der Waals surface area (Å²) in [6, 6.07) is 5.47. The predicted octanol–water partition coefficient (Wildman–Crippen LogP) is 6.00. The van der Waals surface area contributed by atoms with Crippen LogP contribution in [0.5, 0.6) is 0 Å². The number of rotatable bonds is 6. The molecule has 0 bridgehead atoms. The van der Waals surface area contributed by atoms with E-state index in [1.165, 1.54) is 12.0 Å². The molecule has 2 aliphatic rings. The van der Waals surface area contributed by atoms with Gasteiger partial charge in [-0.3, -0.25) is 9.59 Å². The molecule has 1 amide bonds. The quantitative estimate of drug-likeness (QED) is 0.220. The number of halogens is 8. The number of amides is 1. The molecular weight excluding hydrogens is 614 g/mol. The van der Waals surface area contributed by atoms with Gasteiger partial charge in [-0.2, -0.15) is 26.3 Å². The second-order valence-electron chi connectivity index (χ2n) is 10.8. The number of alkyl halides is 7. The number of methoxy groups -OCH3 is 1. The number of nitrogens with zero attached hydrogens (tertiary/aromatic N) is 1. The lowest BCUT2D eigenvalue weighted by Gasteiger charge is -2.33. The molecule has 0 spiro atoms. The van der Waals surface area contributed by atoms with Crippen LogP contribution in [0.4, 0.5) is 35.1 Å². The Bertz CT molecular complexity index is 1440. The molecule has 43 heavy (non-hydrogen) atoms. The Morgan fingerprint density at radius 2 is 1.35 bits per heavy atom. The average Bonchev–Trinajstić information content (AvgIpc) is 3.42. The lowest BCUT2D eigenvalue weighted by molar-refractivity contribution is -0.348. The summed E-state index contributed by atoms with van der Waals surface area (Å²) in [6.07, 6.45) is -11.7. The molecule has 0 aromatic heterocycles.